The smallest absolute Gasteiger partial charge is 0.198 e. The molecule has 0 aromatic heterocycles. The zero-order valence-electron chi connectivity index (χ0n) is 7.63. The van der Waals surface area contributed by atoms with Crippen LogP contribution in [0.5, 0.6) is 0 Å². The molecule has 0 saturated heterocycles. The Balaban J connectivity index is 2.70. The lowest BCUT2D eigenvalue weighted by Gasteiger charge is -2.06. The van der Waals surface area contributed by atoms with Crippen LogP contribution in [0.1, 0.15) is 18.4 Å². The minimum Gasteiger partial charge on any atom is -0.198 e. The fourth-order valence-electron chi connectivity index (χ4n) is 1.28. The second-order valence-corrected chi connectivity index (χ2v) is 6.84. The molecule has 0 heterocycles. The van der Waals surface area contributed by atoms with Gasteiger partial charge in [-0.15, -0.1) is 22.2 Å². The lowest BCUT2D eigenvalue weighted by molar-refractivity contribution is 0.854. The molecule has 0 spiro atoms. The molecule has 1 aromatic carbocycles. The van der Waals surface area contributed by atoms with Gasteiger partial charge in [-0.1, -0.05) is 24.3 Å². The van der Waals surface area contributed by atoms with Crippen LogP contribution >= 0.6 is 22.2 Å². The van der Waals surface area contributed by atoms with Crippen molar-refractivity contribution in [3.8, 4) is 6.07 Å². The van der Waals surface area contributed by atoms with Crippen LogP contribution in [0.3, 0.4) is 0 Å². The highest BCUT2D eigenvalue weighted by atomic mass is 35.7. The molecule has 0 aliphatic rings. The molecule has 0 aliphatic carbocycles. The molecule has 0 amide bonds. The van der Waals surface area contributed by atoms with E-state index in [-0.39, 0.29) is 0 Å². The van der Waals surface area contributed by atoms with Crippen LogP contribution in [-0.2, 0) is 6.42 Å². The SMILES string of the molecule is N#CCCCc1ccccc1[Si](Cl)Cl. The molecular weight excluding hydrogens is 233 g/mol. The number of hydrogen-bond donors (Lipinski definition) is 0. The molecule has 0 aliphatic heterocycles. The summed E-state index contributed by atoms with van der Waals surface area (Å²) in [5, 5.41) is 9.48. The summed E-state index contributed by atoms with van der Waals surface area (Å²) in [5.41, 5.74) is 1.18. The van der Waals surface area contributed by atoms with Gasteiger partial charge < -0.3 is 0 Å². The maximum atomic E-state index is 8.43. The first-order valence-corrected chi connectivity index (χ1v) is 7.91. The van der Waals surface area contributed by atoms with Crippen LogP contribution in [0.15, 0.2) is 24.3 Å². The van der Waals surface area contributed by atoms with Gasteiger partial charge in [0.25, 0.3) is 0 Å². The molecule has 0 unspecified atom stereocenters. The summed E-state index contributed by atoms with van der Waals surface area (Å²) in [5.74, 6) is 0. The summed E-state index contributed by atoms with van der Waals surface area (Å²) in [4.78, 5) is 0. The molecule has 4 heteroatoms. The highest BCUT2D eigenvalue weighted by Gasteiger charge is 2.11. The largest absolute Gasteiger partial charge is 0.307 e. The molecule has 14 heavy (non-hydrogen) atoms. The first-order valence-electron chi connectivity index (χ1n) is 4.39. The van der Waals surface area contributed by atoms with Gasteiger partial charge in [0.05, 0.1) is 6.07 Å². The molecular formula is C10H10Cl2NSi. The third-order valence-corrected chi connectivity index (χ3v) is 4.07. The maximum Gasteiger partial charge on any atom is 0.307 e. The molecule has 0 bridgehead atoms. The van der Waals surface area contributed by atoms with Gasteiger partial charge in [0.15, 0.2) is 0 Å². The quantitative estimate of drug-likeness (QED) is 0.453. The minimum absolute atomic E-state index is 0.584. The van der Waals surface area contributed by atoms with Gasteiger partial charge in [0.1, 0.15) is 0 Å². The van der Waals surface area contributed by atoms with Crippen LogP contribution in [0.25, 0.3) is 0 Å². The van der Waals surface area contributed by atoms with Crippen molar-refractivity contribution in [2.45, 2.75) is 19.3 Å². The summed E-state index contributed by atoms with van der Waals surface area (Å²) in [6, 6.07) is 10.0. The van der Waals surface area contributed by atoms with Crippen molar-refractivity contribution in [2.24, 2.45) is 0 Å². The molecule has 0 saturated carbocycles. The van der Waals surface area contributed by atoms with E-state index in [0.717, 1.165) is 18.0 Å². The number of halogens is 2. The highest BCUT2D eigenvalue weighted by Crippen LogP contribution is 2.07. The van der Waals surface area contributed by atoms with E-state index < -0.39 is 7.42 Å². The van der Waals surface area contributed by atoms with Gasteiger partial charge in [-0.25, -0.2) is 0 Å². The zero-order valence-corrected chi connectivity index (χ0v) is 10.1. The van der Waals surface area contributed by atoms with E-state index in [9.17, 15) is 0 Å². The van der Waals surface area contributed by atoms with Crippen LogP contribution in [0.2, 0.25) is 0 Å². The van der Waals surface area contributed by atoms with Crippen LogP contribution in [-0.4, -0.2) is 7.42 Å². The van der Waals surface area contributed by atoms with Crippen molar-refractivity contribution < 1.29 is 0 Å². The van der Waals surface area contributed by atoms with Crippen LogP contribution in [0.4, 0.5) is 0 Å². The maximum absolute atomic E-state index is 8.43. The first kappa shape index (κ1) is 11.6. The molecule has 1 nitrogen and oxygen atoms in total. The van der Waals surface area contributed by atoms with Gasteiger partial charge in [0, 0.05) is 6.42 Å². The van der Waals surface area contributed by atoms with E-state index >= 15 is 0 Å². The zero-order chi connectivity index (χ0) is 10.4. The number of nitriles is 1. The van der Waals surface area contributed by atoms with Gasteiger partial charge in [0.2, 0.25) is 0 Å². The Labute approximate surface area is 95.3 Å². The summed E-state index contributed by atoms with van der Waals surface area (Å²) in [6.45, 7) is 0. The Bertz CT molecular complexity index is 333. The van der Waals surface area contributed by atoms with Gasteiger partial charge in [-0.2, -0.15) is 5.26 Å². The second-order valence-electron chi connectivity index (χ2n) is 2.93. The fourth-order valence-corrected chi connectivity index (χ4v) is 3.06. The normalized spacial score (nSPS) is 10.1. The van der Waals surface area contributed by atoms with Crippen LogP contribution in [0, 0.1) is 11.3 Å². The van der Waals surface area contributed by atoms with Gasteiger partial charge >= 0.3 is 7.42 Å². The number of unbranched alkanes of at least 4 members (excludes halogenated alkanes) is 1. The highest BCUT2D eigenvalue weighted by molar-refractivity contribution is 7.39. The van der Waals surface area contributed by atoms with E-state index in [0.29, 0.717) is 6.42 Å². The van der Waals surface area contributed by atoms with E-state index in [1.165, 1.54) is 5.56 Å². The summed E-state index contributed by atoms with van der Waals surface area (Å²) < 4.78 is 0. The molecule has 1 radical (unpaired) electrons. The Hall–Kier alpha value is -0.493. The molecule has 1 rings (SSSR count). The monoisotopic (exact) mass is 242 g/mol. The lowest BCUT2D eigenvalue weighted by atomic mass is 10.1. The van der Waals surface area contributed by atoms with Crippen molar-refractivity contribution in [1.82, 2.24) is 0 Å². The standard InChI is InChI=1S/C10H10Cl2NSi/c11-14(12)10-7-2-1-5-9(10)6-3-4-8-13/h1-2,5,7H,3-4,6H2. The third-order valence-electron chi connectivity index (χ3n) is 1.96. The molecule has 73 valence electrons. The van der Waals surface area contributed by atoms with E-state index in [1.807, 2.05) is 24.3 Å². The van der Waals surface area contributed by atoms with E-state index in [1.54, 1.807) is 0 Å². The van der Waals surface area contributed by atoms with Crippen LogP contribution < -0.4 is 5.19 Å². The third kappa shape index (κ3) is 3.34. The van der Waals surface area contributed by atoms with Crippen molar-refractivity contribution in [2.75, 3.05) is 0 Å². The van der Waals surface area contributed by atoms with Crippen molar-refractivity contribution in [3.05, 3.63) is 29.8 Å². The summed E-state index contributed by atoms with van der Waals surface area (Å²) in [7, 11) is -1.42. The topological polar surface area (TPSA) is 23.8 Å². The summed E-state index contributed by atoms with van der Waals surface area (Å²) in [6.07, 6.45) is 2.34. The number of nitrogens with zero attached hydrogens (tertiary/aromatic N) is 1. The lowest BCUT2D eigenvalue weighted by Crippen LogP contribution is -2.22. The van der Waals surface area contributed by atoms with E-state index in [4.69, 9.17) is 27.4 Å². The Morgan fingerprint density at radius 3 is 2.64 bits per heavy atom. The number of benzene rings is 1. The number of hydrogen-bond acceptors (Lipinski definition) is 1. The fraction of sp³-hybridized carbons (Fsp3) is 0.300. The first-order chi connectivity index (χ1) is 6.75. The minimum atomic E-state index is -1.42. The number of rotatable bonds is 4. The summed E-state index contributed by atoms with van der Waals surface area (Å²) >= 11 is 11.8. The number of aryl methyl sites for hydroxylation is 1. The second kappa shape index (κ2) is 6.08. The van der Waals surface area contributed by atoms with Crippen molar-refractivity contribution >= 4 is 34.8 Å². The Morgan fingerprint density at radius 2 is 2.00 bits per heavy atom. The van der Waals surface area contributed by atoms with Gasteiger partial charge in [-0.3, -0.25) is 0 Å². The molecule has 0 N–H and O–H groups in total. The average Bonchev–Trinajstić information content (AvgIpc) is 2.19. The predicted molar refractivity (Wildman–Crippen MR) is 62.1 cm³/mol. The molecule has 1 aromatic rings. The van der Waals surface area contributed by atoms with Crippen molar-refractivity contribution in [1.29, 1.82) is 5.26 Å². The molecule has 0 atom stereocenters. The van der Waals surface area contributed by atoms with Gasteiger partial charge in [-0.05, 0) is 23.6 Å². The Morgan fingerprint density at radius 1 is 1.29 bits per heavy atom. The average molecular weight is 243 g/mol. The van der Waals surface area contributed by atoms with E-state index in [2.05, 4.69) is 6.07 Å². The molecule has 0 fully saturated rings. The van der Waals surface area contributed by atoms with Crippen molar-refractivity contribution in [3.63, 3.8) is 0 Å². The Kier molecular flexibility index (Phi) is 5.03. The predicted octanol–water partition coefficient (Wildman–Crippen LogP) is 2.71.